The zero-order chi connectivity index (χ0) is 13.6. The topological polar surface area (TPSA) is 17.8 Å². The van der Waals surface area contributed by atoms with E-state index in [0.717, 1.165) is 18.4 Å². The highest BCUT2D eigenvalue weighted by Gasteiger charge is 2.38. The minimum Gasteiger partial charge on any atom is -0.237 e. The number of benzene rings is 1. The predicted octanol–water partition coefficient (Wildman–Crippen LogP) is 4.08. The van der Waals surface area contributed by atoms with Crippen LogP contribution in [0, 0.1) is 6.92 Å². The van der Waals surface area contributed by atoms with Crippen molar-refractivity contribution in [2.24, 2.45) is 0 Å². The Morgan fingerprint density at radius 3 is 2.32 bits per heavy atom. The van der Waals surface area contributed by atoms with Gasteiger partial charge in [0.1, 0.15) is 0 Å². The molecule has 0 bridgehead atoms. The van der Waals surface area contributed by atoms with Crippen LogP contribution in [-0.2, 0) is 6.18 Å². The van der Waals surface area contributed by atoms with Crippen molar-refractivity contribution < 1.29 is 13.2 Å². The van der Waals surface area contributed by atoms with E-state index in [0.29, 0.717) is 11.4 Å². The molecule has 19 heavy (non-hydrogen) atoms. The third kappa shape index (κ3) is 2.37. The summed E-state index contributed by atoms with van der Waals surface area (Å²) in [5.74, 6) is 0.213. The molecule has 1 aliphatic carbocycles. The largest absolute Gasteiger partial charge is 0.435 e. The molecule has 2 nitrogen and oxygen atoms in total. The van der Waals surface area contributed by atoms with Gasteiger partial charge in [0.25, 0.3) is 0 Å². The van der Waals surface area contributed by atoms with E-state index < -0.39 is 11.9 Å². The summed E-state index contributed by atoms with van der Waals surface area (Å²) < 4.78 is 39.7. The Bertz CT molecular complexity index is 592. The number of aryl methyl sites for hydroxylation is 1. The summed E-state index contributed by atoms with van der Waals surface area (Å²) in [5, 5.41) is 3.73. The maximum Gasteiger partial charge on any atom is 0.435 e. The van der Waals surface area contributed by atoms with Crippen LogP contribution in [0.3, 0.4) is 0 Å². The summed E-state index contributed by atoms with van der Waals surface area (Å²) in [7, 11) is 0. The molecule has 0 radical (unpaired) electrons. The average Bonchev–Trinajstić information content (AvgIpc) is 3.08. The summed E-state index contributed by atoms with van der Waals surface area (Å²) in [6, 6.07) is 8.53. The molecular weight excluding hydrogens is 253 g/mol. The fourth-order valence-electron chi connectivity index (χ4n) is 2.10. The molecule has 100 valence electrons. The van der Waals surface area contributed by atoms with Gasteiger partial charge in [-0.1, -0.05) is 17.7 Å². The fraction of sp³-hybridized carbons (Fsp3) is 0.357. The van der Waals surface area contributed by atoms with Gasteiger partial charge in [-0.05, 0) is 38.0 Å². The Balaban J connectivity index is 2.08. The smallest absolute Gasteiger partial charge is 0.237 e. The molecule has 1 fully saturated rings. The molecule has 1 aliphatic rings. The van der Waals surface area contributed by atoms with Crippen LogP contribution in [0.5, 0.6) is 0 Å². The standard InChI is InChI=1S/C14H13F3N2/c1-9-2-6-11(7-3-9)19-12(10-4-5-10)8-13(18-19)14(15,16)17/h2-3,6-8,10H,4-5H2,1H3. The van der Waals surface area contributed by atoms with Crippen molar-refractivity contribution in [3.05, 3.63) is 47.3 Å². The van der Waals surface area contributed by atoms with E-state index in [1.54, 1.807) is 12.1 Å². The van der Waals surface area contributed by atoms with Gasteiger partial charge in [0, 0.05) is 11.6 Å². The van der Waals surface area contributed by atoms with Crippen LogP contribution < -0.4 is 0 Å². The zero-order valence-corrected chi connectivity index (χ0v) is 10.4. The number of aromatic nitrogens is 2. The van der Waals surface area contributed by atoms with Crippen molar-refractivity contribution in [3.63, 3.8) is 0 Å². The predicted molar refractivity (Wildman–Crippen MR) is 65.3 cm³/mol. The Morgan fingerprint density at radius 1 is 1.16 bits per heavy atom. The van der Waals surface area contributed by atoms with Crippen LogP contribution in [0.2, 0.25) is 0 Å². The second-order valence-corrected chi connectivity index (χ2v) is 4.97. The Hall–Kier alpha value is -1.78. The third-order valence-corrected chi connectivity index (χ3v) is 3.30. The molecular formula is C14H13F3N2. The summed E-state index contributed by atoms with van der Waals surface area (Å²) in [6.07, 6.45) is -2.51. The van der Waals surface area contributed by atoms with E-state index in [4.69, 9.17) is 0 Å². The molecule has 0 unspecified atom stereocenters. The molecule has 0 saturated heterocycles. The third-order valence-electron chi connectivity index (χ3n) is 3.30. The van der Waals surface area contributed by atoms with Crippen molar-refractivity contribution in [2.75, 3.05) is 0 Å². The molecule has 0 amide bonds. The summed E-state index contributed by atoms with van der Waals surface area (Å²) in [4.78, 5) is 0. The van der Waals surface area contributed by atoms with Crippen molar-refractivity contribution >= 4 is 0 Å². The Morgan fingerprint density at radius 2 is 1.79 bits per heavy atom. The zero-order valence-electron chi connectivity index (χ0n) is 10.4. The van der Waals surface area contributed by atoms with Gasteiger partial charge in [0.05, 0.1) is 5.69 Å². The first-order chi connectivity index (χ1) is 8.95. The highest BCUT2D eigenvalue weighted by molar-refractivity contribution is 5.38. The molecule has 1 saturated carbocycles. The quantitative estimate of drug-likeness (QED) is 0.801. The lowest BCUT2D eigenvalue weighted by atomic mass is 10.2. The summed E-state index contributed by atoms with van der Waals surface area (Å²) in [5.41, 5.74) is 1.61. The lowest BCUT2D eigenvalue weighted by Gasteiger charge is -2.06. The lowest BCUT2D eigenvalue weighted by Crippen LogP contribution is -2.07. The van der Waals surface area contributed by atoms with Gasteiger partial charge in [-0.15, -0.1) is 0 Å². The van der Waals surface area contributed by atoms with E-state index in [-0.39, 0.29) is 5.92 Å². The van der Waals surface area contributed by atoms with Gasteiger partial charge in [-0.3, -0.25) is 0 Å². The van der Waals surface area contributed by atoms with Crippen molar-refractivity contribution in [1.82, 2.24) is 9.78 Å². The summed E-state index contributed by atoms with van der Waals surface area (Å²) >= 11 is 0. The first-order valence-electron chi connectivity index (χ1n) is 6.19. The highest BCUT2D eigenvalue weighted by Crippen LogP contribution is 2.42. The van der Waals surface area contributed by atoms with Crippen LogP contribution in [0.15, 0.2) is 30.3 Å². The Labute approximate surface area is 108 Å². The lowest BCUT2D eigenvalue weighted by molar-refractivity contribution is -0.141. The second-order valence-electron chi connectivity index (χ2n) is 4.97. The first kappa shape index (κ1) is 12.3. The van der Waals surface area contributed by atoms with Gasteiger partial charge in [0.2, 0.25) is 0 Å². The fourth-order valence-corrected chi connectivity index (χ4v) is 2.10. The number of alkyl halides is 3. The molecule has 5 heteroatoms. The minimum atomic E-state index is -4.39. The molecule has 0 spiro atoms. The van der Waals surface area contributed by atoms with Crippen molar-refractivity contribution in [2.45, 2.75) is 31.9 Å². The van der Waals surface area contributed by atoms with Gasteiger partial charge < -0.3 is 0 Å². The SMILES string of the molecule is Cc1ccc(-n2nc(C(F)(F)F)cc2C2CC2)cc1. The molecule has 1 heterocycles. The van der Waals surface area contributed by atoms with Gasteiger partial charge in [-0.2, -0.15) is 18.3 Å². The molecule has 2 aromatic rings. The second kappa shape index (κ2) is 4.11. The number of hydrogen-bond donors (Lipinski definition) is 0. The monoisotopic (exact) mass is 266 g/mol. The van der Waals surface area contributed by atoms with Crippen LogP contribution in [-0.4, -0.2) is 9.78 Å². The van der Waals surface area contributed by atoms with E-state index in [1.165, 1.54) is 10.7 Å². The van der Waals surface area contributed by atoms with E-state index in [2.05, 4.69) is 5.10 Å². The number of hydrogen-bond acceptors (Lipinski definition) is 1. The molecule has 1 aromatic heterocycles. The van der Waals surface area contributed by atoms with E-state index in [9.17, 15) is 13.2 Å². The molecule has 0 N–H and O–H groups in total. The molecule has 0 aliphatic heterocycles. The van der Waals surface area contributed by atoms with E-state index >= 15 is 0 Å². The number of halogens is 3. The van der Waals surface area contributed by atoms with Gasteiger partial charge in [-0.25, -0.2) is 4.68 Å². The van der Waals surface area contributed by atoms with Crippen LogP contribution in [0.1, 0.15) is 35.7 Å². The van der Waals surface area contributed by atoms with Gasteiger partial charge >= 0.3 is 6.18 Å². The van der Waals surface area contributed by atoms with Crippen LogP contribution >= 0.6 is 0 Å². The Kier molecular flexibility index (Phi) is 2.66. The molecule has 3 rings (SSSR count). The average molecular weight is 266 g/mol. The van der Waals surface area contributed by atoms with Crippen molar-refractivity contribution in [3.8, 4) is 5.69 Å². The maximum atomic E-state index is 12.8. The first-order valence-corrected chi connectivity index (χ1v) is 6.19. The van der Waals surface area contributed by atoms with Gasteiger partial charge in [0.15, 0.2) is 5.69 Å². The van der Waals surface area contributed by atoms with E-state index in [1.807, 2.05) is 19.1 Å². The minimum absolute atomic E-state index is 0.213. The van der Waals surface area contributed by atoms with Crippen LogP contribution in [0.25, 0.3) is 5.69 Å². The van der Waals surface area contributed by atoms with Crippen molar-refractivity contribution in [1.29, 1.82) is 0 Å². The normalized spacial score (nSPS) is 15.8. The highest BCUT2D eigenvalue weighted by atomic mass is 19.4. The van der Waals surface area contributed by atoms with Crippen LogP contribution in [0.4, 0.5) is 13.2 Å². The number of nitrogens with zero attached hydrogens (tertiary/aromatic N) is 2. The molecule has 0 atom stereocenters. The number of rotatable bonds is 2. The maximum absolute atomic E-state index is 12.8. The summed E-state index contributed by atoms with van der Waals surface area (Å²) in [6.45, 7) is 1.94. The molecule has 1 aromatic carbocycles.